The van der Waals surface area contributed by atoms with Gasteiger partial charge in [0.25, 0.3) is 0 Å². The molecule has 1 aromatic rings. The van der Waals surface area contributed by atoms with Crippen molar-refractivity contribution >= 4 is 39.1 Å². The number of hydrogen-bond acceptors (Lipinski definition) is 1. The number of carbonyl (C=O) groups excluding carboxylic acids is 1. The first-order valence-electron chi connectivity index (χ1n) is 4.26. The van der Waals surface area contributed by atoms with E-state index in [1.54, 1.807) is 18.2 Å². The Morgan fingerprint density at radius 3 is 2.71 bits per heavy atom. The summed E-state index contributed by atoms with van der Waals surface area (Å²) < 4.78 is 0.830. The van der Waals surface area contributed by atoms with Gasteiger partial charge >= 0.3 is 0 Å². The van der Waals surface area contributed by atoms with E-state index < -0.39 is 0 Å². The number of anilines is 1. The van der Waals surface area contributed by atoms with Crippen LogP contribution in [0.5, 0.6) is 0 Å². The van der Waals surface area contributed by atoms with Crippen molar-refractivity contribution in [3.8, 4) is 0 Å². The van der Waals surface area contributed by atoms with E-state index in [1.807, 2.05) is 13.8 Å². The normalized spacial score (nSPS) is 10.4. The van der Waals surface area contributed by atoms with Crippen molar-refractivity contribution < 1.29 is 4.79 Å². The molecule has 0 aliphatic carbocycles. The maximum Gasteiger partial charge on any atom is 0.226 e. The Morgan fingerprint density at radius 1 is 1.50 bits per heavy atom. The summed E-state index contributed by atoms with van der Waals surface area (Å²) >= 11 is 9.14. The number of nitrogens with one attached hydrogen (secondary N) is 1. The zero-order valence-corrected chi connectivity index (χ0v) is 10.3. The average Bonchev–Trinajstić information content (AvgIpc) is 2.11. The summed E-state index contributed by atoms with van der Waals surface area (Å²) in [5.41, 5.74) is 0.705. The van der Waals surface area contributed by atoms with Gasteiger partial charge in [-0.15, -0.1) is 0 Å². The monoisotopic (exact) mass is 275 g/mol. The summed E-state index contributed by atoms with van der Waals surface area (Å²) in [6.45, 7) is 3.68. The SMILES string of the molecule is CC(C)C(=O)Nc1cc(Cl)ccc1Br. The quantitative estimate of drug-likeness (QED) is 0.877. The lowest BCUT2D eigenvalue weighted by atomic mass is 10.2. The van der Waals surface area contributed by atoms with Gasteiger partial charge in [0, 0.05) is 15.4 Å². The molecule has 0 bridgehead atoms. The van der Waals surface area contributed by atoms with E-state index in [-0.39, 0.29) is 11.8 Å². The first kappa shape index (κ1) is 11.5. The predicted octanol–water partition coefficient (Wildman–Crippen LogP) is 3.70. The molecule has 1 N–H and O–H groups in total. The zero-order valence-electron chi connectivity index (χ0n) is 7.97. The predicted molar refractivity (Wildman–Crippen MR) is 62.6 cm³/mol. The molecule has 0 unspecified atom stereocenters. The van der Waals surface area contributed by atoms with Crippen LogP contribution in [0.15, 0.2) is 22.7 Å². The molecule has 0 saturated heterocycles. The Kier molecular flexibility index (Phi) is 3.96. The first-order chi connectivity index (χ1) is 6.50. The van der Waals surface area contributed by atoms with Crippen LogP contribution in [0.3, 0.4) is 0 Å². The molecule has 0 fully saturated rings. The molecule has 0 aromatic heterocycles. The van der Waals surface area contributed by atoms with Crippen LogP contribution >= 0.6 is 27.5 Å². The Labute approximate surface area is 96.8 Å². The average molecular weight is 277 g/mol. The molecule has 0 radical (unpaired) electrons. The molecule has 0 aliphatic heterocycles. The second kappa shape index (κ2) is 4.80. The lowest BCUT2D eigenvalue weighted by Gasteiger charge is -2.09. The van der Waals surface area contributed by atoms with Crippen molar-refractivity contribution in [1.29, 1.82) is 0 Å². The zero-order chi connectivity index (χ0) is 10.7. The van der Waals surface area contributed by atoms with Gasteiger partial charge in [0.05, 0.1) is 5.69 Å². The van der Waals surface area contributed by atoms with E-state index >= 15 is 0 Å². The maximum atomic E-state index is 11.4. The second-order valence-corrected chi connectivity index (χ2v) is 4.56. The molecule has 76 valence electrons. The Hall–Kier alpha value is -0.540. The van der Waals surface area contributed by atoms with Crippen molar-refractivity contribution in [2.24, 2.45) is 5.92 Å². The molecule has 1 rings (SSSR count). The van der Waals surface area contributed by atoms with Crippen molar-refractivity contribution in [3.63, 3.8) is 0 Å². The molecule has 0 aliphatic rings. The highest BCUT2D eigenvalue weighted by molar-refractivity contribution is 9.10. The highest BCUT2D eigenvalue weighted by Crippen LogP contribution is 2.26. The summed E-state index contributed by atoms with van der Waals surface area (Å²) in [5, 5.41) is 3.38. The highest BCUT2D eigenvalue weighted by atomic mass is 79.9. The van der Waals surface area contributed by atoms with Crippen molar-refractivity contribution in [2.75, 3.05) is 5.32 Å². The largest absolute Gasteiger partial charge is 0.325 e. The minimum Gasteiger partial charge on any atom is -0.325 e. The van der Waals surface area contributed by atoms with Gasteiger partial charge in [0.1, 0.15) is 0 Å². The van der Waals surface area contributed by atoms with Crippen LogP contribution in [0, 0.1) is 5.92 Å². The fourth-order valence-electron chi connectivity index (χ4n) is 0.870. The Morgan fingerprint density at radius 2 is 2.14 bits per heavy atom. The maximum absolute atomic E-state index is 11.4. The number of benzene rings is 1. The standard InChI is InChI=1S/C10H11BrClNO/c1-6(2)10(14)13-9-5-7(12)3-4-8(9)11/h3-6H,1-2H3,(H,13,14). The van der Waals surface area contributed by atoms with Crippen molar-refractivity contribution in [3.05, 3.63) is 27.7 Å². The van der Waals surface area contributed by atoms with Crippen LogP contribution in [-0.2, 0) is 4.79 Å². The molecule has 0 saturated carbocycles. The summed E-state index contributed by atoms with van der Waals surface area (Å²) in [6.07, 6.45) is 0. The van der Waals surface area contributed by atoms with Crippen molar-refractivity contribution in [1.82, 2.24) is 0 Å². The highest BCUT2D eigenvalue weighted by Gasteiger charge is 2.09. The van der Waals surface area contributed by atoms with Crippen LogP contribution in [0.25, 0.3) is 0 Å². The molecule has 0 atom stereocenters. The summed E-state index contributed by atoms with van der Waals surface area (Å²) in [5.74, 6) is -0.0613. The smallest absolute Gasteiger partial charge is 0.226 e. The van der Waals surface area contributed by atoms with Gasteiger partial charge in [-0.05, 0) is 34.1 Å². The van der Waals surface area contributed by atoms with Gasteiger partial charge in [-0.3, -0.25) is 4.79 Å². The summed E-state index contributed by atoms with van der Waals surface area (Å²) in [7, 11) is 0. The number of hydrogen-bond donors (Lipinski definition) is 1. The van der Waals surface area contributed by atoms with Gasteiger partial charge in [0.15, 0.2) is 0 Å². The summed E-state index contributed by atoms with van der Waals surface area (Å²) in [6, 6.07) is 5.28. The van der Waals surface area contributed by atoms with Crippen LogP contribution in [0.4, 0.5) is 5.69 Å². The van der Waals surface area contributed by atoms with E-state index in [9.17, 15) is 4.79 Å². The third-order valence-electron chi connectivity index (χ3n) is 1.71. The minimum atomic E-state index is -0.0409. The van der Waals surface area contributed by atoms with E-state index in [0.717, 1.165) is 4.47 Å². The van der Waals surface area contributed by atoms with Gasteiger partial charge < -0.3 is 5.32 Å². The van der Waals surface area contributed by atoms with Crippen LogP contribution in [0.2, 0.25) is 5.02 Å². The number of halogens is 2. The van der Waals surface area contributed by atoms with E-state index in [2.05, 4.69) is 21.2 Å². The van der Waals surface area contributed by atoms with Gasteiger partial charge in [0.2, 0.25) is 5.91 Å². The van der Waals surface area contributed by atoms with E-state index in [4.69, 9.17) is 11.6 Å². The fraction of sp³-hybridized carbons (Fsp3) is 0.300. The van der Waals surface area contributed by atoms with Gasteiger partial charge in [-0.1, -0.05) is 25.4 Å². The van der Waals surface area contributed by atoms with Crippen LogP contribution in [-0.4, -0.2) is 5.91 Å². The van der Waals surface area contributed by atoms with E-state index in [1.165, 1.54) is 0 Å². The van der Waals surface area contributed by atoms with E-state index in [0.29, 0.717) is 10.7 Å². The molecular formula is C10H11BrClNO. The third kappa shape index (κ3) is 3.00. The molecule has 2 nitrogen and oxygen atoms in total. The Bertz CT molecular complexity index is 352. The molecule has 4 heteroatoms. The van der Waals surface area contributed by atoms with Gasteiger partial charge in [-0.2, -0.15) is 0 Å². The molecule has 14 heavy (non-hydrogen) atoms. The lowest BCUT2D eigenvalue weighted by Crippen LogP contribution is -2.17. The van der Waals surface area contributed by atoms with Crippen molar-refractivity contribution in [2.45, 2.75) is 13.8 Å². The molecule has 1 aromatic carbocycles. The molecule has 1 amide bonds. The van der Waals surface area contributed by atoms with Crippen LogP contribution < -0.4 is 5.32 Å². The number of carbonyl (C=O) groups is 1. The van der Waals surface area contributed by atoms with Gasteiger partial charge in [-0.25, -0.2) is 0 Å². The molecular weight excluding hydrogens is 265 g/mol. The summed E-state index contributed by atoms with van der Waals surface area (Å²) in [4.78, 5) is 11.4. The number of rotatable bonds is 2. The molecule has 0 spiro atoms. The minimum absolute atomic E-state index is 0.0204. The number of amides is 1. The third-order valence-corrected chi connectivity index (χ3v) is 2.64. The van der Waals surface area contributed by atoms with Crippen LogP contribution in [0.1, 0.15) is 13.8 Å². The lowest BCUT2D eigenvalue weighted by molar-refractivity contribution is -0.118. The topological polar surface area (TPSA) is 29.1 Å². The fourth-order valence-corrected chi connectivity index (χ4v) is 1.39. The first-order valence-corrected chi connectivity index (χ1v) is 5.43. The molecule has 0 heterocycles. The Balaban J connectivity index is 2.86. The second-order valence-electron chi connectivity index (χ2n) is 3.27.